The van der Waals surface area contributed by atoms with Gasteiger partial charge in [-0.1, -0.05) is 140 Å². The van der Waals surface area contributed by atoms with Gasteiger partial charge in [0, 0.05) is 53.2 Å². The second-order valence-corrected chi connectivity index (χ2v) is 13.6. The molecule has 4 heteroatoms. The van der Waals surface area contributed by atoms with Gasteiger partial charge in [-0.15, -0.1) is 11.3 Å². The SMILES string of the molecule is c1ccc(-c2ccc(-c3cc(-c4ccc(-c5cccc6sc7ccccc7c56)c5oc6ccccc6c45)nc(-c4ccccc4)n3)cc2)cc1. The molecule has 0 aliphatic rings. The molecular formula is C46H28N2OS. The lowest BCUT2D eigenvalue weighted by Gasteiger charge is -2.12. The average Bonchev–Trinajstić information content (AvgIpc) is 3.77. The summed E-state index contributed by atoms with van der Waals surface area (Å²) in [5, 5.41) is 4.65. The number of hydrogen-bond acceptors (Lipinski definition) is 4. The van der Waals surface area contributed by atoms with E-state index in [0.717, 1.165) is 55.6 Å². The van der Waals surface area contributed by atoms with Crippen LogP contribution in [0.4, 0.5) is 0 Å². The fraction of sp³-hybridized carbons (Fsp3) is 0. The molecule has 7 aromatic carbocycles. The molecule has 0 saturated heterocycles. The van der Waals surface area contributed by atoms with E-state index in [1.54, 1.807) is 0 Å². The number of aromatic nitrogens is 2. The third-order valence-corrected chi connectivity index (χ3v) is 10.7. The molecule has 10 aromatic rings. The zero-order valence-corrected chi connectivity index (χ0v) is 27.7. The van der Waals surface area contributed by atoms with Crippen molar-refractivity contribution < 1.29 is 4.42 Å². The number of para-hydroxylation sites is 1. The Balaban J connectivity index is 1.21. The van der Waals surface area contributed by atoms with Crippen LogP contribution in [0.1, 0.15) is 0 Å². The van der Waals surface area contributed by atoms with E-state index < -0.39 is 0 Å². The molecule has 3 nitrogen and oxygen atoms in total. The van der Waals surface area contributed by atoms with Gasteiger partial charge in [-0.3, -0.25) is 0 Å². The topological polar surface area (TPSA) is 38.9 Å². The van der Waals surface area contributed by atoms with E-state index in [1.165, 1.54) is 36.9 Å². The van der Waals surface area contributed by atoms with E-state index in [9.17, 15) is 0 Å². The van der Waals surface area contributed by atoms with Crippen molar-refractivity contribution in [3.8, 4) is 56.2 Å². The highest BCUT2D eigenvalue weighted by atomic mass is 32.1. The molecule has 0 bridgehead atoms. The van der Waals surface area contributed by atoms with Crippen molar-refractivity contribution in [1.82, 2.24) is 9.97 Å². The Morgan fingerprint density at radius 1 is 0.400 bits per heavy atom. The summed E-state index contributed by atoms with van der Waals surface area (Å²) in [4.78, 5) is 10.4. The Labute approximate surface area is 292 Å². The lowest BCUT2D eigenvalue weighted by Crippen LogP contribution is -1.96. The number of hydrogen-bond donors (Lipinski definition) is 0. The molecule has 3 aromatic heterocycles. The number of benzene rings is 7. The smallest absolute Gasteiger partial charge is 0.160 e. The van der Waals surface area contributed by atoms with Crippen molar-refractivity contribution in [2.24, 2.45) is 0 Å². The van der Waals surface area contributed by atoms with Crippen molar-refractivity contribution in [3.05, 3.63) is 170 Å². The minimum Gasteiger partial charge on any atom is -0.455 e. The number of fused-ring (bicyclic) bond motifs is 6. The summed E-state index contributed by atoms with van der Waals surface area (Å²) in [5.41, 5.74) is 11.0. The third-order valence-electron chi connectivity index (χ3n) is 9.54. The fourth-order valence-corrected chi connectivity index (χ4v) is 8.30. The predicted molar refractivity (Wildman–Crippen MR) is 209 cm³/mol. The van der Waals surface area contributed by atoms with Gasteiger partial charge in [0.25, 0.3) is 0 Å². The fourth-order valence-electron chi connectivity index (χ4n) is 7.17. The van der Waals surface area contributed by atoms with Gasteiger partial charge < -0.3 is 4.42 Å². The molecule has 0 unspecified atom stereocenters. The molecule has 0 aliphatic heterocycles. The van der Waals surface area contributed by atoms with Crippen LogP contribution in [0.5, 0.6) is 0 Å². The second-order valence-electron chi connectivity index (χ2n) is 12.5. The Morgan fingerprint density at radius 3 is 1.84 bits per heavy atom. The first kappa shape index (κ1) is 28.6. The first-order valence-electron chi connectivity index (χ1n) is 16.7. The number of furan rings is 1. The molecule has 0 amide bonds. The van der Waals surface area contributed by atoms with E-state index >= 15 is 0 Å². The third kappa shape index (κ3) is 4.73. The lowest BCUT2D eigenvalue weighted by atomic mass is 9.94. The zero-order valence-electron chi connectivity index (χ0n) is 26.9. The average molecular weight is 657 g/mol. The van der Waals surface area contributed by atoms with Gasteiger partial charge in [0.05, 0.1) is 11.4 Å². The van der Waals surface area contributed by atoms with Crippen LogP contribution >= 0.6 is 11.3 Å². The standard InChI is InChI=1S/C46H28N2OS/c1-3-12-29(13-4-1)30-22-24-31(25-23-30)38-28-39(48-46(47-38)32-14-5-2-6-15-32)35-27-26-34(45-44(35)36-16-7-9-19-40(36)49-45)33-18-11-21-42-43(33)37-17-8-10-20-41(37)50-42/h1-28H. The highest BCUT2D eigenvalue weighted by Gasteiger charge is 2.21. The Kier molecular flexibility index (Phi) is 6.68. The summed E-state index contributed by atoms with van der Waals surface area (Å²) in [6.07, 6.45) is 0. The molecular weight excluding hydrogens is 629 g/mol. The normalized spacial score (nSPS) is 11.6. The van der Waals surface area contributed by atoms with E-state index in [2.05, 4.69) is 140 Å². The van der Waals surface area contributed by atoms with Crippen molar-refractivity contribution in [3.63, 3.8) is 0 Å². The van der Waals surface area contributed by atoms with Gasteiger partial charge in [-0.25, -0.2) is 9.97 Å². The first-order valence-corrected chi connectivity index (χ1v) is 17.6. The van der Waals surface area contributed by atoms with Crippen LogP contribution in [0.25, 0.3) is 98.3 Å². The molecule has 10 rings (SSSR count). The Bertz CT molecular complexity index is 2850. The molecule has 0 saturated carbocycles. The van der Waals surface area contributed by atoms with Crippen LogP contribution in [0, 0.1) is 0 Å². The van der Waals surface area contributed by atoms with Crippen LogP contribution in [0.2, 0.25) is 0 Å². The maximum absolute atomic E-state index is 6.78. The maximum Gasteiger partial charge on any atom is 0.160 e. The van der Waals surface area contributed by atoms with Crippen molar-refractivity contribution in [2.45, 2.75) is 0 Å². The quantitative estimate of drug-likeness (QED) is 0.185. The van der Waals surface area contributed by atoms with Crippen LogP contribution < -0.4 is 0 Å². The second kappa shape index (κ2) is 11.7. The zero-order chi connectivity index (χ0) is 33.0. The molecule has 0 radical (unpaired) electrons. The summed E-state index contributed by atoms with van der Waals surface area (Å²) >= 11 is 1.83. The van der Waals surface area contributed by atoms with Crippen LogP contribution in [0.3, 0.4) is 0 Å². The summed E-state index contributed by atoms with van der Waals surface area (Å²) < 4.78 is 9.33. The molecule has 3 heterocycles. The van der Waals surface area contributed by atoms with Crippen LogP contribution in [-0.2, 0) is 0 Å². The number of rotatable bonds is 5. The summed E-state index contributed by atoms with van der Waals surface area (Å²) in [6, 6.07) is 59.4. The van der Waals surface area contributed by atoms with Crippen LogP contribution in [0.15, 0.2) is 174 Å². The Morgan fingerprint density at radius 2 is 1.02 bits per heavy atom. The van der Waals surface area contributed by atoms with Crippen molar-refractivity contribution >= 4 is 53.4 Å². The predicted octanol–water partition coefficient (Wildman–Crippen LogP) is 13.1. The summed E-state index contributed by atoms with van der Waals surface area (Å²) in [7, 11) is 0. The van der Waals surface area contributed by atoms with E-state index in [-0.39, 0.29) is 0 Å². The van der Waals surface area contributed by atoms with Gasteiger partial charge in [0.1, 0.15) is 11.2 Å². The van der Waals surface area contributed by atoms with E-state index in [0.29, 0.717) is 5.82 Å². The highest BCUT2D eigenvalue weighted by Crippen LogP contribution is 2.46. The molecule has 0 aliphatic carbocycles. The highest BCUT2D eigenvalue weighted by molar-refractivity contribution is 7.25. The number of nitrogens with zero attached hydrogens (tertiary/aromatic N) is 2. The molecule has 0 spiro atoms. The van der Waals surface area contributed by atoms with Gasteiger partial charge in [-0.2, -0.15) is 0 Å². The minimum absolute atomic E-state index is 0.685. The van der Waals surface area contributed by atoms with Gasteiger partial charge in [0.15, 0.2) is 5.82 Å². The summed E-state index contributed by atoms with van der Waals surface area (Å²) in [6.45, 7) is 0. The maximum atomic E-state index is 6.78. The first-order chi connectivity index (χ1) is 24.8. The molecule has 0 atom stereocenters. The monoisotopic (exact) mass is 656 g/mol. The van der Waals surface area contributed by atoms with Gasteiger partial charge >= 0.3 is 0 Å². The van der Waals surface area contributed by atoms with Crippen LogP contribution in [-0.4, -0.2) is 9.97 Å². The molecule has 50 heavy (non-hydrogen) atoms. The molecule has 0 fully saturated rings. The largest absolute Gasteiger partial charge is 0.455 e. The van der Waals surface area contributed by atoms with Crippen molar-refractivity contribution in [2.75, 3.05) is 0 Å². The van der Waals surface area contributed by atoms with E-state index in [1.807, 2.05) is 41.7 Å². The summed E-state index contributed by atoms with van der Waals surface area (Å²) in [5.74, 6) is 0.685. The van der Waals surface area contributed by atoms with Crippen molar-refractivity contribution in [1.29, 1.82) is 0 Å². The van der Waals surface area contributed by atoms with E-state index in [4.69, 9.17) is 14.4 Å². The van der Waals surface area contributed by atoms with Gasteiger partial charge in [0.2, 0.25) is 0 Å². The Hall–Kier alpha value is -6.36. The molecule has 0 N–H and O–H groups in total. The molecule has 234 valence electrons. The van der Waals surface area contributed by atoms with Gasteiger partial charge in [-0.05, 0) is 47.0 Å². The number of thiophene rings is 1. The lowest BCUT2D eigenvalue weighted by molar-refractivity contribution is 0.670. The minimum atomic E-state index is 0.685.